The van der Waals surface area contributed by atoms with E-state index in [4.69, 9.17) is 11.6 Å². The number of piperazine rings is 1. The molecule has 1 saturated heterocycles. The van der Waals surface area contributed by atoms with E-state index < -0.39 is 0 Å². The van der Waals surface area contributed by atoms with E-state index in [1.165, 1.54) is 12.8 Å². The average Bonchev–Trinajstić information content (AvgIpc) is 3.03. The van der Waals surface area contributed by atoms with Gasteiger partial charge >= 0.3 is 0 Å². The highest BCUT2D eigenvalue weighted by atomic mass is 35.5. The lowest BCUT2D eigenvalue weighted by Gasteiger charge is -2.35. The van der Waals surface area contributed by atoms with Crippen LogP contribution in [0, 0.1) is 5.92 Å². The molecule has 1 N–H and O–H groups in total. The van der Waals surface area contributed by atoms with Gasteiger partial charge < -0.3 is 5.11 Å². The van der Waals surface area contributed by atoms with E-state index in [2.05, 4.69) is 16.4 Å². The van der Waals surface area contributed by atoms with Crippen LogP contribution in [0.2, 0.25) is 0 Å². The van der Waals surface area contributed by atoms with Crippen molar-refractivity contribution in [3.8, 4) is 0 Å². The smallest absolute Gasteiger partial charge is 0.0695 e. The normalized spacial score (nSPS) is 25.6. The van der Waals surface area contributed by atoms with Crippen LogP contribution in [0.5, 0.6) is 0 Å². The summed E-state index contributed by atoms with van der Waals surface area (Å²) in [7, 11) is 0. The molecule has 16 heavy (non-hydrogen) atoms. The predicted molar refractivity (Wildman–Crippen MR) is 66.6 cm³/mol. The van der Waals surface area contributed by atoms with Crippen LogP contribution in [0.25, 0.3) is 0 Å². The van der Waals surface area contributed by atoms with E-state index in [0.717, 1.165) is 39.3 Å². The molecule has 0 aromatic heterocycles. The van der Waals surface area contributed by atoms with Gasteiger partial charge in [-0.15, -0.1) is 0 Å². The molecule has 1 saturated carbocycles. The number of aliphatic hydroxyl groups is 1. The summed E-state index contributed by atoms with van der Waals surface area (Å²) >= 11 is 5.79. The van der Waals surface area contributed by atoms with Gasteiger partial charge in [-0.05, 0) is 18.8 Å². The minimum atomic E-state index is -0.102. The van der Waals surface area contributed by atoms with Crippen LogP contribution < -0.4 is 0 Å². The fourth-order valence-electron chi connectivity index (χ4n) is 2.27. The largest absolute Gasteiger partial charge is 0.392 e. The monoisotopic (exact) mass is 244 g/mol. The van der Waals surface area contributed by atoms with Crippen molar-refractivity contribution in [2.45, 2.75) is 18.9 Å². The molecule has 3 nitrogen and oxygen atoms in total. The first kappa shape index (κ1) is 12.4. The predicted octanol–water partition coefficient (Wildman–Crippen LogP) is 1.13. The summed E-state index contributed by atoms with van der Waals surface area (Å²) in [6, 6.07) is 0. The van der Waals surface area contributed by atoms with Crippen LogP contribution in [-0.4, -0.2) is 60.3 Å². The van der Waals surface area contributed by atoms with Gasteiger partial charge in [-0.3, -0.25) is 9.80 Å². The van der Waals surface area contributed by atoms with Gasteiger partial charge in [0.05, 0.1) is 6.10 Å². The molecule has 1 heterocycles. The standard InChI is InChI=1S/C12H21ClN2O/c1-10(13)8-14-4-6-15(7-5-14)9-12(16)11-2-3-11/h11-12,16H,1-9H2. The first-order chi connectivity index (χ1) is 7.65. The van der Waals surface area contributed by atoms with Gasteiger partial charge in [0.15, 0.2) is 0 Å². The number of β-amino-alcohol motifs (C(OH)–C–C–N with tert-alkyl or cyclic N) is 1. The van der Waals surface area contributed by atoms with Crippen LogP contribution in [-0.2, 0) is 0 Å². The Morgan fingerprint density at radius 2 is 1.81 bits per heavy atom. The lowest BCUT2D eigenvalue weighted by molar-refractivity contribution is 0.0651. The van der Waals surface area contributed by atoms with Gasteiger partial charge in [-0.2, -0.15) is 0 Å². The molecule has 1 aliphatic carbocycles. The van der Waals surface area contributed by atoms with Gasteiger partial charge in [0.1, 0.15) is 0 Å². The number of hydrogen-bond acceptors (Lipinski definition) is 3. The summed E-state index contributed by atoms with van der Waals surface area (Å²) in [4.78, 5) is 4.67. The third-order valence-electron chi connectivity index (χ3n) is 3.47. The van der Waals surface area contributed by atoms with Gasteiger partial charge in [0.2, 0.25) is 0 Å². The maximum atomic E-state index is 9.86. The van der Waals surface area contributed by atoms with E-state index in [0.29, 0.717) is 11.0 Å². The van der Waals surface area contributed by atoms with Gasteiger partial charge in [-0.1, -0.05) is 18.2 Å². The number of nitrogens with zero attached hydrogens (tertiary/aromatic N) is 2. The Kier molecular flexibility index (Phi) is 4.25. The Balaban J connectivity index is 1.66. The molecule has 92 valence electrons. The SMILES string of the molecule is C=C(Cl)CN1CCN(CC(O)C2CC2)CC1. The molecule has 1 aliphatic heterocycles. The fraction of sp³-hybridized carbons (Fsp3) is 0.833. The molecule has 0 spiro atoms. The molecule has 0 aromatic carbocycles. The molecule has 0 aromatic rings. The minimum absolute atomic E-state index is 0.102. The van der Waals surface area contributed by atoms with E-state index in [9.17, 15) is 5.11 Å². The van der Waals surface area contributed by atoms with E-state index >= 15 is 0 Å². The first-order valence-electron chi connectivity index (χ1n) is 6.11. The lowest BCUT2D eigenvalue weighted by atomic mass is 10.2. The number of hydrogen-bond donors (Lipinski definition) is 1. The highest BCUT2D eigenvalue weighted by molar-refractivity contribution is 6.29. The molecule has 0 amide bonds. The highest BCUT2D eigenvalue weighted by Gasteiger charge is 2.31. The molecule has 1 unspecified atom stereocenters. The van der Waals surface area contributed by atoms with Crippen molar-refractivity contribution in [1.82, 2.24) is 9.80 Å². The van der Waals surface area contributed by atoms with Crippen molar-refractivity contribution < 1.29 is 5.11 Å². The maximum absolute atomic E-state index is 9.86. The molecule has 0 radical (unpaired) electrons. The molecular weight excluding hydrogens is 224 g/mol. The van der Waals surface area contributed by atoms with Crippen molar-refractivity contribution in [3.05, 3.63) is 11.6 Å². The average molecular weight is 245 g/mol. The molecule has 2 rings (SSSR count). The van der Waals surface area contributed by atoms with Crippen molar-refractivity contribution in [2.75, 3.05) is 39.3 Å². The van der Waals surface area contributed by atoms with Gasteiger partial charge in [-0.25, -0.2) is 0 Å². The van der Waals surface area contributed by atoms with Crippen molar-refractivity contribution in [3.63, 3.8) is 0 Å². The lowest BCUT2D eigenvalue weighted by Crippen LogP contribution is -2.48. The van der Waals surface area contributed by atoms with Gasteiger partial charge in [0.25, 0.3) is 0 Å². The number of rotatable bonds is 5. The number of aliphatic hydroxyl groups excluding tert-OH is 1. The molecule has 0 bridgehead atoms. The second-order valence-electron chi connectivity index (χ2n) is 5.00. The molecule has 2 fully saturated rings. The highest BCUT2D eigenvalue weighted by Crippen LogP contribution is 2.32. The zero-order valence-corrected chi connectivity index (χ0v) is 10.5. The second kappa shape index (κ2) is 5.50. The van der Waals surface area contributed by atoms with Gasteiger partial charge in [0, 0.05) is 44.3 Å². The third-order valence-corrected chi connectivity index (χ3v) is 3.59. The molecule has 2 aliphatic rings. The fourth-order valence-corrected chi connectivity index (χ4v) is 2.44. The van der Waals surface area contributed by atoms with Crippen LogP contribution in [0.3, 0.4) is 0 Å². The Morgan fingerprint density at radius 3 is 2.31 bits per heavy atom. The molecule has 1 atom stereocenters. The summed E-state index contributed by atoms with van der Waals surface area (Å²) < 4.78 is 0. The topological polar surface area (TPSA) is 26.7 Å². The van der Waals surface area contributed by atoms with Crippen LogP contribution in [0.4, 0.5) is 0 Å². The summed E-state index contributed by atoms with van der Waals surface area (Å²) in [5.41, 5.74) is 0. The summed E-state index contributed by atoms with van der Waals surface area (Å²) in [5.74, 6) is 0.584. The van der Waals surface area contributed by atoms with E-state index in [1.54, 1.807) is 0 Å². The molecule has 4 heteroatoms. The summed E-state index contributed by atoms with van der Waals surface area (Å²) in [6.07, 6.45) is 2.33. The zero-order valence-electron chi connectivity index (χ0n) is 9.74. The van der Waals surface area contributed by atoms with Crippen LogP contribution in [0.1, 0.15) is 12.8 Å². The Morgan fingerprint density at radius 1 is 1.25 bits per heavy atom. The van der Waals surface area contributed by atoms with Crippen molar-refractivity contribution in [2.24, 2.45) is 5.92 Å². The van der Waals surface area contributed by atoms with Crippen LogP contribution >= 0.6 is 11.6 Å². The number of halogens is 1. The van der Waals surface area contributed by atoms with E-state index in [1.807, 2.05) is 0 Å². The second-order valence-corrected chi connectivity index (χ2v) is 5.53. The summed E-state index contributed by atoms with van der Waals surface area (Å²) in [5, 5.41) is 10.6. The molecular formula is C12H21ClN2O. The quantitative estimate of drug-likeness (QED) is 0.786. The maximum Gasteiger partial charge on any atom is 0.0695 e. The minimum Gasteiger partial charge on any atom is -0.392 e. The Labute approximate surface area is 103 Å². The first-order valence-corrected chi connectivity index (χ1v) is 6.49. The Bertz CT molecular complexity index is 247. The third kappa shape index (κ3) is 3.74. The van der Waals surface area contributed by atoms with Crippen LogP contribution in [0.15, 0.2) is 11.6 Å². The van der Waals surface area contributed by atoms with Crippen molar-refractivity contribution >= 4 is 11.6 Å². The van der Waals surface area contributed by atoms with Crippen molar-refractivity contribution in [1.29, 1.82) is 0 Å². The van der Waals surface area contributed by atoms with E-state index in [-0.39, 0.29) is 6.10 Å². The zero-order chi connectivity index (χ0) is 11.5. The Hall–Kier alpha value is -0.0900. The summed E-state index contributed by atoms with van der Waals surface area (Å²) in [6.45, 7) is 9.49.